The molecule has 2 aromatic rings. The van der Waals surface area contributed by atoms with Crippen molar-refractivity contribution in [2.45, 2.75) is 39.3 Å². The number of aryl methyl sites for hydroxylation is 1. The van der Waals surface area contributed by atoms with E-state index in [4.69, 9.17) is 13.9 Å². The molecule has 0 N–H and O–H groups in total. The largest absolute Gasteiger partial charge is 0.464 e. The predicted octanol–water partition coefficient (Wildman–Crippen LogP) is 3.65. The van der Waals surface area contributed by atoms with Gasteiger partial charge in [-0.15, -0.1) is 0 Å². The van der Waals surface area contributed by atoms with Crippen LogP contribution in [0.5, 0.6) is 11.5 Å². The molecule has 5 nitrogen and oxygen atoms in total. The summed E-state index contributed by atoms with van der Waals surface area (Å²) < 4.78 is 16.5. The minimum absolute atomic E-state index is 0.162. The molecular formula is C19H21NO4. The zero-order valence-electron chi connectivity index (χ0n) is 13.8. The molecule has 1 aliphatic carbocycles. The van der Waals surface area contributed by atoms with E-state index in [-0.39, 0.29) is 18.6 Å². The summed E-state index contributed by atoms with van der Waals surface area (Å²) in [6, 6.07) is 9.72. The Kier molecular flexibility index (Phi) is 3.92. The number of furan rings is 1. The first kappa shape index (κ1) is 15.1. The number of hydrogen-bond acceptors (Lipinski definition) is 4. The van der Waals surface area contributed by atoms with Crippen molar-refractivity contribution in [2.75, 3.05) is 6.79 Å². The Labute approximate surface area is 141 Å². The monoisotopic (exact) mass is 327 g/mol. The molecule has 5 heteroatoms. The summed E-state index contributed by atoms with van der Waals surface area (Å²) in [6.45, 7) is 3.22. The van der Waals surface area contributed by atoms with Crippen molar-refractivity contribution in [2.24, 2.45) is 5.92 Å². The van der Waals surface area contributed by atoms with E-state index in [1.165, 1.54) is 0 Å². The van der Waals surface area contributed by atoms with E-state index in [1.807, 2.05) is 42.2 Å². The molecule has 4 rings (SSSR count). The van der Waals surface area contributed by atoms with Gasteiger partial charge in [-0.3, -0.25) is 4.79 Å². The topological polar surface area (TPSA) is 51.9 Å². The van der Waals surface area contributed by atoms with Crippen LogP contribution in [0.1, 0.15) is 36.3 Å². The minimum Gasteiger partial charge on any atom is -0.464 e. The third kappa shape index (κ3) is 2.98. The maximum atomic E-state index is 12.8. The van der Waals surface area contributed by atoms with Crippen molar-refractivity contribution in [1.82, 2.24) is 4.90 Å². The van der Waals surface area contributed by atoms with E-state index in [2.05, 4.69) is 0 Å². The summed E-state index contributed by atoms with van der Waals surface area (Å²) in [5.41, 5.74) is 1.04. The molecule has 1 fully saturated rings. The van der Waals surface area contributed by atoms with E-state index < -0.39 is 0 Å². The van der Waals surface area contributed by atoms with Gasteiger partial charge in [-0.1, -0.05) is 12.5 Å². The highest BCUT2D eigenvalue weighted by Gasteiger charge is 2.30. The summed E-state index contributed by atoms with van der Waals surface area (Å²) >= 11 is 0. The number of carbonyl (C=O) groups is 1. The predicted molar refractivity (Wildman–Crippen MR) is 87.6 cm³/mol. The van der Waals surface area contributed by atoms with Gasteiger partial charge in [-0.2, -0.15) is 0 Å². The molecule has 0 unspecified atom stereocenters. The Morgan fingerprint density at radius 3 is 2.67 bits per heavy atom. The van der Waals surface area contributed by atoms with E-state index in [0.717, 1.165) is 47.8 Å². The summed E-state index contributed by atoms with van der Waals surface area (Å²) in [4.78, 5) is 14.7. The van der Waals surface area contributed by atoms with E-state index in [0.29, 0.717) is 13.1 Å². The van der Waals surface area contributed by atoms with Crippen molar-refractivity contribution in [3.05, 3.63) is 47.4 Å². The fourth-order valence-electron chi connectivity index (χ4n) is 3.14. The summed E-state index contributed by atoms with van der Waals surface area (Å²) in [5.74, 6) is 3.57. The smallest absolute Gasteiger partial charge is 0.231 e. The zero-order chi connectivity index (χ0) is 16.5. The maximum absolute atomic E-state index is 12.8. The van der Waals surface area contributed by atoms with E-state index >= 15 is 0 Å². The van der Waals surface area contributed by atoms with Gasteiger partial charge in [0.25, 0.3) is 0 Å². The Morgan fingerprint density at radius 1 is 1.12 bits per heavy atom. The first-order chi connectivity index (χ1) is 11.7. The second-order valence-electron chi connectivity index (χ2n) is 6.52. The van der Waals surface area contributed by atoms with Crippen LogP contribution in [0, 0.1) is 12.8 Å². The minimum atomic E-state index is 0.162. The van der Waals surface area contributed by atoms with Crippen LogP contribution in [0.15, 0.2) is 34.7 Å². The van der Waals surface area contributed by atoms with E-state index in [9.17, 15) is 4.79 Å². The lowest BCUT2D eigenvalue weighted by Gasteiger charge is -2.31. The first-order valence-corrected chi connectivity index (χ1v) is 8.42. The van der Waals surface area contributed by atoms with E-state index in [1.54, 1.807) is 0 Å². The maximum Gasteiger partial charge on any atom is 0.231 e. The van der Waals surface area contributed by atoms with Crippen LogP contribution in [0.2, 0.25) is 0 Å². The van der Waals surface area contributed by atoms with Gasteiger partial charge in [-0.25, -0.2) is 0 Å². The van der Waals surface area contributed by atoms with Gasteiger partial charge in [0, 0.05) is 12.5 Å². The van der Waals surface area contributed by atoms with Gasteiger partial charge >= 0.3 is 0 Å². The fourth-order valence-corrected chi connectivity index (χ4v) is 3.14. The molecule has 0 bridgehead atoms. The highest BCUT2D eigenvalue weighted by atomic mass is 16.7. The second-order valence-corrected chi connectivity index (χ2v) is 6.52. The molecule has 2 heterocycles. The lowest BCUT2D eigenvalue weighted by molar-refractivity contribution is -0.139. The Morgan fingerprint density at radius 2 is 1.96 bits per heavy atom. The van der Waals surface area contributed by atoms with Gasteiger partial charge < -0.3 is 18.8 Å². The summed E-state index contributed by atoms with van der Waals surface area (Å²) in [5, 5.41) is 0. The van der Waals surface area contributed by atoms with Crippen molar-refractivity contribution in [1.29, 1.82) is 0 Å². The normalized spacial score (nSPS) is 16.0. The van der Waals surface area contributed by atoms with Crippen LogP contribution < -0.4 is 9.47 Å². The molecule has 0 saturated heterocycles. The van der Waals surface area contributed by atoms with Crippen molar-refractivity contribution in [3.8, 4) is 11.5 Å². The van der Waals surface area contributed by atoms with Gasteiger partial charge in [-0.05, 0) is 49.6 Å². The number of hydrogen-bond donors (Lipinski definition) is 0. The first-order valence-electron chi connectivity index (χ1n) is 8.42. The van der Waals surface area contributed by atoms with Crippen LogP contribution >= 0.6 is 0 Å². The number of nitrogens with zero attached hydrogens (tertiary/aromatic N) is 1. The second kappa shape index (κ2) is 6.23. The number of carbonyl (C=O) groups excluding carboxylic acids is 1. The van der Waals surface area contributed by atoms with Crippen LogP contribution in [0.3, 0.4) is 0 Å². The molecule has 126 valence electrons. The van der Waals surface area contributed by atoms with Gasteiger partial charge in [0.1, 0.15) is 11.5 Å². The highest BCUT2D eigenvalue weighted by molar-refractivity contribution is 5.79. The van der Waals surface area contributed by atoms with Crippen LogP contribution in [0.4, 0.5) is 0 Å². The van der Waals surface area contributed by atoms with Crippen molar-refractivity contribution in [3.63, 3.8) is 0 Å². The quantitative estimate of drug-likeness (QED) is 0.841. The number of amides is 1. The average molecular weight is 327 g/mol. The average Bonchev–Trinajstić information content (AvgIpc) is 3.13. The van der Waals surface area contributed by atoms with Gasteiger partial charge in [0.05, 0.1) is 6.54 Å². The Balaban J connectivity index is 1.53. The lowest BCUT2D eigenvalue weighted by atomic mass is 9.84. The molecule has 1 aliphatic heterocycles. The molecule has 0 radical (unpaired) electrons. The highest BCUT2D eigenvalue weighted by Crippen LogP contribution is 2.34. The van der Waals surface area contributed by atoms with Gasteiger partial charge in [0.15, 0.2) is 11.5 Å². The third-order valence-electron chi connectivity index (χ3n) is 4.72. The summed E-state index contributed by atoms with van der Waals surface area (Å²) in [7, 11) is 0. The fraction of sp³-hybridized carbons (Fsp3) is 0.421. The molecule has 1 aromatic carbocycles. The molecule has 0 spiro atoms. The number of benzene rings is 1. The molecule has 24 heavy (non-hydrogen) atoms. The molecule has 1 amide bonds. The SMILES string of the molecule is Cc1ccc(CN(Cc2ccc3c(c2)OCO3)C(=O)C2CCC2)o1. The number of fused-ring (bicyclic) bond motifs is 1. The molecule has 0 atom stereocenters. The summed E-state index contributed by atoms with van der Waals surface area (Å²) in [6.07, 6.45) is 3.13. The molecule has 1 aromatic heterocycles. The number of rotatable bonds is 5. The van der Waals surface area contributed by atoms with Gasteiger partial charge in [0.2, 0.25) is 12.7 Å². The Hall–Kier alpha value is -2.43. The van der Waals surface area contributed by atoms with Crippen LogP contribution in [-0.2, 0) is 17.9 Å². The standard InChI is InChI=1S/C19H21NO4/c1-13-5-7-16(24-13)11-20(19(21)15-3-2-4-15)10-14-6-8-17-18(9-14)23-12-22-17/h5-9,15H,2-4,10-12H2,1H3. The lowest BCUT2D eigenvalue weighted by Crippen LogP contribution is -2.38. The zero-order valence-corrected chi connectivity index (χ0v) is 13.8. The number of ether oxygens (including phenoxy) is 2. The third-order valence-corrected chi connectivity index (χ3v) is 4.72. The molecule has 1 saturated carbocycles. The Bertz CT molecular complexity index is 748. The van der Waals surface area contributed by atoms with Crippen LogP contribution in [-0.4, -0.2) is 17.6 Å². The van der Waals surface area contributed by atoms with Crippen LogP contribution in [0.25, 0.3) is 0 Å². The van der Waals surface area contributed by atoms with Crippen molar-refractivity contribution < 1.29 is 18.7 Å². The van der Waals surface area contributed by atoms with Crippen molar-refractivity contribution >= 4 is 5.91 Å². The molecular weight excluding hydrogens is 306 g/mol. The molecule has 2 aliphatic rings.